The summed E-state index contributed by atoms with van der Waals surface area (Å²) in [6.45, 7) is 13.0. The van der Waals surface area contributed by atoms with E-state index in [0.717, 1.165) is 38.5 Å². The van der Waals surface area contributed by atoms with E-state index in [-0.39, 0.29) is 0 Å². The molecule has 4 unspecified atom stereocenters. The number of benzene rings is 2. The molecule has 0 saturated heterocycles. The lowest BCUT2D eigenvalue weighted by molar-refractivity contribution is 0.0499. The molecule has 0 aromatic heterocycles. The van der Waals surface area contributed by atoms with Crippen molar-refractivity contribution in [3.8, 4) is 0 Å². The normalized spacial score (nSPS) is 21.7. The molecule has 0 amide bonds. The molecule has 0 fully saturated rings. The number of nitrogens with zero attached hydrogens (tertiary/aromatic N) is 2. The molecular formula is C44H69N2O5P. The lowest BCUT2D eigenvalue weighted by Gasteiger charge is -2.33. The molecule has 7 nitrogen and oxygen atoms in total. The minimum Gasteiger partial charge on any atom is -0.479 e. The van der Waals surface area contributed by atoms with E-state index in [2.05, 4.69) is 62.4 Å². The Labute approximate surface area is 316 Å². The van der Waals surface area contributed by atoms with Crippen molar-refractivity contribution >= 4 is 20.1 Å². The molecule has 290 valence electrons. The first-order valence-electron chi connectivity index (χ1n) is 20.6. The van der Waals surface area contributed by atoms with E-state index in [1.807, 2.05) is 27.7 Å². The Hall–Kier alpha value is -2.47. The summed E-state index contributed by atoms with van der Waals surface area (Å²) in [5, 5.41) is 0. The molecule has 2 heterocycles. The standard InChI is InChI=1S/C44H69N2O5P/c1-7-9-11-13-15-17-19-39-21-25-41(26-22-39)29-31-43(33-48-37(5)45-43)35(3)50-52(47)51-36(4)44(34-49-38(6)46-44)32-30-42-27-23-40(24-28-42)20-18-16-14-12-10-8-2/h21-28,35-36,52H,7-20,29-34H2,1-6H3. The molecule has 0 N–H and O–H groups in total. The predicted octanol–water partition coefficient (Wildman–Crippen LogP) is 11.6. The molecule has 2 aromatic rings. The fraction of sp³-hybridized carbons (Fsp3) is 0.682. The highest BCUT2D eigenvalue weighted by Crippen LogP contribution is 2.41. The molecule has 2 aromatic carbocycles. The molecule has 0 radical (unpaired) electrons. The van der Waals surface area contributed by atoms with Crippen LogP contribution in [0.2, 0.25) is 0 Å². The third-order valence-electron chi connectivity index (χ3n) is 11.3. The third-order valence-corrected chi connectivity index (χ3v) is 12.4. The predicted molar refractivity (Wildman–Crippen MR) is 217 cm³/mol. The van der Waals surface area contributed by atoms with Gasteiger partial charge >= 0.3 is 8.25 Å². The van der Waals surface area contributed by atoms with E-state index in [1.54, 1.807) is 0 Å². The van der Waals surface area contributed by atoms with Gasteiger partial charge in [-0.25, -0.2) is 9.98 Å². The third kappa shape index (κ3) is 13.4. The van der Waals surface area contributed by atoms with E-state index in [0.29, 0.717) is 25.0 Å². The summed E-state index contributed by atoms with van der Waals surface area (Å²) >= 11 is 0. The zero-order valence-electron chi connectivity index (χ0n) is 33.4. The second-order valence-electron chi connectivity index (χ2n) is 15.5. The minimum atomic E-state index is -2.88. The average Bonchev–Trinajstić information content (AvgIpc) is 3.73. The van der Waals surface area contributed by atoms with Crippen molar-refractivity contribution in [1.29, 1.82) is 0 Å². The SMILES string of the molecule is CCCCCCCCc1ccc(CCC2(C(C)O[PH](=O)OC(C)C3(CCc4ccc(CCCCCCCC)cc4)COC(C)=N3)COC(C)=N2)cc1. The highest BCUT2D eigenvalue weighted by Gasteiger charge is 2.45. The molecule has 8 heteroatoms. The summed E-state index contributed by atoms with van der Waals surface area (Å²) in [7, 11) is -2.88. The van der Waals surface area contributed by atoms with Crippen LogP contribution < -0.4 is 0 Å². The van der Waals surface area contributed by atoms with E-state index in [4.69, 9.17) is 28.5 Å². The first-order chi connectivity index (χ1) is 25.2. The van der Waals surface area contributed by atoms with Gasteiger partial charge in [-0.1, -0.05) is 127 Å². The van der Waals surface area contributed by atoms with Crippen molar-refractivity contribution in [3.05, 3.63) is 70.8 Å². The van der Waals surface area contributed by atoms with Crippen molar-refractivity contribution in [2.24, 2.45) is 9.98 Å². The van der Waals surface area contributed by atoms with Crippen LogP contribution in [0.3, 0.4) is 0 Å². The lowest BCUT2D eigenvalue weighted by Crippen LogP contribution is -2.43. The van der Waals surface area contributed by atoms with Crippen molar-refractivity contribution in [2.45, 2.75) is 180 Å². The Morgan fingerprint density at radius 2 is 0.904 bits per heavy atom. The van der Waals surface area contributed by atoms with E-state index in [9.17, 15) is 4.57 Å². The second-order valence-corrected chi connectivity index (χ2v) is 16.5. The van der Waals surface area contributed by atoms with Gasteiger partial charge in [-0.05, 0) is 87.5 Å². The van der Waals surface area contributed by atoms with Crippen molar-refractivity contribution in [3.63, 3.8) is 0 Å². The number of hydrogen-bond donors (Lipinski definition) is 0. The zero-order valence-corrected chi connectivity index (χ0v) is 34.4. The minimum absolute atomic E-state index is 0.403. The van der Waals surface area contributed by atoms with E-state index >= 15 is 0 Å². The van der Waals surface area contributed by atoms with Gasteiger partial charge in [0.15, 0.2) is 11.8 Å². The summed E-state index contributed by atoms with van der Waals surface area (Å²) in [6, 6.07) is 18.0. The number of unbranched alkanes of at least 4 members (excludes halogenated alkanes) is 10. The smallest absolute Gasteiger partial charge is 0.319 e. The molecule has 0 aliphatic carbocycles. The average molecular weight is 737 g/mol. The quantitative estimate of drug-likeness (QED) is 0.0710. The van der Waals surface area contributed by atoms with Crippen LogP contribution in [-0.4, -0.2) is 48.3 Å². The van der Waals surface area contributed by atoms with E-state index < -0.39 is 31.5 Å². The van der Waals surface area contributed by atoms with Crippen LogP contribution in [0.5, 0.6) is 0 Å². The van der Waals surface area contributed by atoms with Crippen LogP contribution in [0.4, 0.5) is 0 Å². The molecule has 0 saturated carbocycles. The van der Waals surface area contributed by atoms with Gasteiger partial charge in [-0.15, -0.1) is 0 Å². The number of aryl methyl sites for hydroxylation is 4. The van der Waals surface area contributed by atoms with Crippen molar-refractivity contribution in [2.75, 3.05) is 13.2 Å². The Kier molecular flexibility index (Phi) is 17.9. The maximum absolute atomic E-state index is 13.5. The molecule has 52 heavy (non-hydrogen) atoms. The molecule has 2 aliphatic heterocycles. The van der Waals surface area contributed by atoms with Crippen LogP contribution in [0, 0.1) is 0 Å². The number of aliphatic imine (C=N–C) groups is 2. The van der Waals surface area contributed by atoms with Gasteiger partial charge in [0.05, 0.1) is 12.2 Å². The van der Waals surface area contributed by atoms with Gasteiger partial charge in [0, 0.05) is 13.8 Å². The van der Waals surface area contributed by atoms with Gasteiger partial charge in [-0.2, -0.15) is 0 Å². The Morgan fingerprint density at radius 3 is 1.23 bits per heavy atom. The fourth-order valence-electron chi connectivity index (χ4n) is 7.52. The fourth-order valence-corrected chi connectivity index (χ4v) is 8.59. The molecular weight excluding hydrogens is 667 g/mol. The number of rotatable bonds is 26. The van der Waals surface area contributed by atoms with Gasteiger partial charge in [0.25, 0.3) is 0 Å². The maximum atomic E-state index is 13.5. The van der Waals surface area contributed by atoms with Crippen LogP contribution in [0.25, 0.3) is 0 Å². The van der Waals surface area contributed by atoms with Crippen LogP contribution in [0.15, 0.2) is 58.5 Å². The van der Waals surface area contributed by atoms with Gasteiger partial charge in [-0.3, -0.25) is 4.57 Å². The van der Waals surface area contributed by atoms with Gasteiger partial charge in [0.2, 0.25) is 0 Å². The van der Waals surface area contributed by atoms with Gasteiger partial charge < -0.3 is 18.5 Å². The first-order valence-corrected chi connectivity index (χ1v) is 21.8. The van der Waals surface area contributed by atoms with Crippen LogP contribution >= 0.6 is 8.25 Å². The topological polar surface area (TPSA) is 78.7 Å². The monoisotopic (exact) mass is 736 g/mol. The summed E-state index contributed by atoms with van der Waals surface area (Å²) in [5.74, 6) is 1.28. The molecule has 0 spiro atoms. The highest BCUT2D eigenvalue weighted by atomic mass is 31.1. The summed E-state index contributed by atoms with van der Waals surface area (Å²) < 4.78 is 37.6. The molecule has 4 rings (SSSR count). The van der Waals surface area contributed by atoms with Crippen molar-refractivity contribution < 1.29 is 23.1 Å². The van der Waals surface area contributed by atoms with Crippen LogP contribution in [0.1, 0.15) is 154 Å². The first kappa shape index (κ1) is 42.3. The summed E-state index contributed by atoms with van der Waals surface area (Å²) in [6.07, 6.45) is 20.2. The highest BCUT2D eigenvalue weighted by molar-refractivity contribution is 7.33. The van der Waals surface area contributed by atoms with Crippen molar-refractivity contribution in [1.82, 2.24) is 0 Å². The maximum Gasteiger partial charge on any atom is 0.319 e. The Bertz CT molecular complexity index is 1310. The molecule has 0 bridgehead atoms. The second kappa shape index (κ2) is 22.0. The summed E-state index contributed by atoms with van der Waals surface area (Å²) in [4.78, 5) is 9.81. The lowest BCUT2D eigenvalue weighted by atomic mass is 9.88. The Morgan fingerprint density at radius 1 is 0.577 bits per heavy atom. The largest absolute Gasteiger partial charge is 0.479 e. The van der Waals surface area contributed by atoms with Gasteiger partial charge in [0.1, 0.15) is 24.3 Å². The summed E-state index contributed by atoms with van der Waals surface area (Å²) in [5.41, 5.74) is 4.07. The van der Waals surface area contributed by atoms with E-state index in [1.165, 1.54) is 99.3 Å². The zero-order chi connectivity index (χ0) is 37.2. The van der Waals surface area contributed by atoms with Crippen LogP contribution in [-0.2, 0) is 48.8 Å². The number of hydrogen-bond acceptors (Lipinski definition) is 7. The molecule has 4 atom stereocenters. The number of ether oxygens (including phenoxy) is 2. The Balaban J connectivity index is 1.27. The molecule has 2 aliphatic rings.